The Labute approximate surface area is 84.1 Å². The quantitative estimate of drug-likeness (QED) is 0.421. The minimum absolute atomic E-state index is 0.597. The Balaban J connectivity index is 3.17. The molecule has 0 amide bonds. The summed E-state index contributed by atoms with van der Waals surface area (Å²) in [4.78, 5) is 0. The molecule has 0 aromatic rings. The van der Waals surface area contributed by atoms with Crippen molar-refractivity contribution in [1.29, 1.82) is 0 Å². The fourth-order valence-electron chi connectivity index (χ4n) is 1.39. The third-order valence-electron chi connectivity index (χ3n) is 2.08. The van der Waals surface area contributed by atoms with Gasteiger partial charge in [-0.15, -0.1) is 0 Å². The zero-order valence-electron chi connectivity index (χ0n) is 9.38. The fourth-order valence-corrected chi connectivity index (χ4v) is 2.96. The van der Waals surface area contributed by atoms with Crippen LogP contribution < -0.4 is 0 Å². The average molecular weight is 203 g/mol. The highest BCUT2D eigenvalue weighted by atomic mass is 31.1. The molecule has 0 aromatic heterocycles. The van der Waals surface area contributed by atoms with E-state index in [1.165, 1.54) is 32.1 Å². The van der Waals surface area contributed by atoms with Gasteiger partial charge in [0.05, 0.1) is 0 Å². The molecule has 0 heterocycles. The second-order valence-corrected chi connectivity index (χ2v) is 5.97. The minimum Gasteiger partial charge on any atom is -0.0748 e. The fraction of sp³-hybridized carbons (Fsp3) is 1.00. The van der Waals surface area contributed by atoms with Crippen LogP contribution in [0.5, 0.6) is 0 Å². The van der Waals surface area contributed by atoms with Gasteiger partial charge >= 0.3 is 7.80 Å². The molecule has 78 valence electrons. The Bertz CT molecular complexity index is 132. The van der Waals surface area contributed by atoms with E-state index in [1.54, 1.807) is 0 Å². The van der Waals surface area contributed by atoms with E-state index in [2.05, 4.69) is 20.8 Å². The van der Waals surface area contributed by atoms with Crippen molar-refractivity contribution in [3.05, 3.63) is 0 Å². The zero-order valence-corrected chi connectivity index (χ0v) is 10.3. The van der Waals surface area contributed by atoms with Crippen molar-refractivity contribution < 1.29 is 4.57 Å². The normalized spacial score (nSPS) is 12.2. The summed E-state index contributed by atoms with van der Waals surface area (Å²) < 4.78 is 11.4. The molecule has 1 atom stereocenters. The maximum Gasteiger partial charge on any atom is 0.338 e. The van der Waals surface area contributed by atoms with E-state index in [-0.39, 0.29) is 0 Å². The third kappa shape index (κ3) is 10.0. The van der Waals surface area contributed by atoms with Crippen LogP contribution >= 0.6 is 7.80 Å². The van der Waals surface area contributed by atoms with E-state index >= 15 is 0 Å². The highest BCUT2D eigenvalue weighted by Gasteiger charge is 2.15. The van der Waals surface area contributed by atoms with Crippen molar-refractivity contribution >= 4 is 7.80 Å². The second kappa shape index (κ2) is 8.69. The first kappa shape index (κ1) is 13.1. The summed E-state index contributed by atoms with van der Waals surface area (Å²) in [5, 5.41) is 0. The van der Waals surface area contributed by atoms with Gasteiger partial charge < -0.3 is 0 Å². The first-order valence-electron chi connectivity index (χ1n) is 5.59. The molecule has 0 bridgehead atoms. The largest absolute Gasteiger partial charge is 0.338 e. The van der Waals surface area contributed by atoms with Crippen LogP contribution in [0.1, 0.15) is 52.9 Å². The number of hydrogen-bond donors (Lipinski definition) is 0. The van der Waals surface area contributed by atoms with E-state index < -0.39 is 7.80 Å². The minimum atomic E-state index is -0.891. The summed E-state index contributed by atoms with van der Waals surface area (Å²) in [6.45, 7) is 6.51. The SMILES string of the molecule is CCCCCCC[P+](=O)CC(C)C. The van der Waals surface area contributed by atoms with Crippen LogP contribution in [0.2, 0.25) is 0 Å². The van der Waals surface area contributed by atoms with Gasteiger partial charge in [0.2, 0.25) is 0 Å². The van der Waals surface area contributed by atoms with Crippen LogP contribution in [0.15, 0.2) is 0 Å². The molecule has 0 rings (SSSR count). The maximum atomic E-state index is 11.4. The molecule has 2 heteroatoms. The smallest absolute Gasteiger partial charge is 0.0748 e. The van der Waals surface area contributed by atoms with E-state index in [1.807, 2.05) is 0 Å². The van der Waals surface area contributed by atoms with E-state index in [4.69, 9.17) is 0 Å². The van der Waals surface area contributed by atoms with Crippen molar-refractivity contribution in [1.82, 2.24) is 0 Å². The lowest BCUT2D eigenvalue weighted by Gasteiger charge is -1.95. The Morgan fingerprint density at radius 1 is 1.08 bits per heavy atom. The van der Waals surface area contributed by atoms with E-state index in [0.29, 0.717) is 5.92 Å². The van der Waals surface area contributed by atoms with Gasteiger partial charge in [-0.3, -0.25) is 0 Å². The summed E-state index contributed by atoms with van der Waals surface area (Å²) in [6, 6.07) is 0. The molecule has 0 radical (unpaired) electrons. The molecule has 0 saturated heterocycles. The molecule has 0 aromatic carbocycles. The second-order valence-electron chi connectivity index (χ2n) is 4.20. The van der Waals surface area contributed by atoms with Gasteiger partial charge in [-0.05, 0) is 18.8 Å². The summed E-state index contributed by atoms with van der Waals surface area (Å²) in [5.41, 5.74) is 0. The van der Waals surface area contributed by atoms with Gasteiger partial charge in [-0.1, -0.05) is 44.6 Å². The lowest BCUT2D eigenvalue weighted by molar-refractivity contribution is 0.574. The van der Waals surface area contributed by atoms with Crippen LogP contribution in [0, 0.1) is 5.92 Å². The van der Waals surface area contributed by atoms with Crippen molar-refractivity contribution in [2.45, 2.75) is 52.9 Å². The molecule has 0 saturated carbocycles. The Morgan fingerprint density at radius 3 is 2.23 bits per heavy atom. The lowest BCUT2D eigenvalue weighted by atomic mass is 10.2. The number of unbranched alkanes of at least 4 members (excludes halogenated alkanes) is 4. The summed E-state index contributed by atoms with van der Waals surface area (Å²) >= 11 is 0. The molecule has 0 fully saturated rings. The van der Waals surface area contributed by atoms with E-state index in [9.17, 15) is 4.57 Å². The van der Waals surface area contributed by atoms with Crippen molar-refractivity contribution in [3.8, 4) is 0 Å². The van der Waals surface area contributed by atoms with E-state index in [0.717, 1.165) is 12.3 Å². The molecule has 0 spiro atoms. The molecule has 0 aliphatic heterocycles. The average Bonchev–Trinajstić information content (AvgIpc) is 2.02. The molecular weight excluding hydrogens is 179 g/mol. The van der Waals surface area contributed by atoms with Crippen molar-refractivity contribution in [2.75, 3.05) is 12.3 Å². The number of rotatable bonds is 8. The first-order chi connectivity index (χ1) is 6.16. The van der Waals surface area contributed by atoms with Gasteiger partial charge in [-0.25, -0.2) is 0 Å². The highest BCUT2D eigenvalue weighted by molar-refractivity contribution is 7.44. The molecule has 13 heavy (non-hydrogen) atoms. The molecule has 1 nitrogen and oxygen atoms in total. The summed E-state index contributed by atoms with van der Waals surface area (Å²) in [6.07, 6.45) is 8.26. The Kier molecular flexibility index (Phi) is 8.75. The van der Waals surface area contributed by atoms with Gasteiger partial charge in [0.25, 0.3) is 0 Å². The molecule has 0 aliphatic carbocycles. The van der Waals surface area contributed by atoms with Crippen LogP contribution in [0.25, 0.3) is 0 Å². The van der Waals surface area contributed by atoms with Crippen molar-refractivity contribution in [2.24, 2.45) is 5.92 Å². The first-order valence-corrected chi connectivity index (χ1v) is 7.22. The van der Waals surface area contributed by atoms with Crippen LogP contribution in [-0.4, -0.2) is 12.3 Å². The predicted octanol–water partition coefficient (Wildman–Crippen LogP) is 4.44. The van der Waals surface area contributed by atoms with Crippen molar-refractivity contribution in [3.63, 3.8) is 0 Å². The Hall–Kier alpha value is 0.100. The summed E-state index contributed by atoms with van der Waals surface area (Å²) in [5.74, 6) is 0.597. The number of hydrogen-bond acceptors (Lipinski definition) is 1. The molecule has 0 N–H and O–H groups in total. The highest BCUT2D eigenvalue weighted by Crippen LogP contribution is 2.25. The van der Waals surface area contributed by atoms with Gasteiger partial charge in [0.1, 0.15) is 12.3 Å². The molecule has 1 unspecified atom stereocenters. The van der Waals surface area contributed by atoms with Crippen LogP contribution in [-0.2, 0) is 4.57 Å². The summed E-state index contributed by atoms with van der Waals surface area (Å²) in [7, 11) is -0.891. The van der Waals surface area contributed by atoms with Gasteiger partial charge in [0.15, 0.2) is 0 Å². The predicted molar refractivity (Wildman–Crippen MR) is 60.9 cm³/mol. The molecular formula is C11H24OP+. The third-order valence-corrected chi connectivity index (χ3v) is 4.03. The Morgan fingerprint density at radius 2 is 1.69 bits per heavy atom. The van der Waals surface area contributed by atoms with Crippen LogP contribution in [0.3, 0.4) is 0 Å². The maximum absolute atomic E-state index is 11.4. The van der Waals surface area contributed by atoms with Gasteiger partial charge in [-0.2, -0.15) is 0 Å². The topological polar surface area (TPSA) is 17.1 Å². The lowest BCUT2D eigenvalue weighted by Crippen LogP contribution is -1.92. The standard InChI is InChI=1S/C11H24OP/c1-4-5-6-7-8-9-13(12)10-11(2)3/h11H,4-10H2,1-3H3/q+1. The van der Waals surface area contributed by atoms with Crippen LogP contribution in [0.4, 0.5) is 0 Å². The van der Waals surface area contributed by atoms with Gasteiger partial charge in [0, 0.05) is 0 Å². The monoisotopic (exact) mass is 203 g/mol. The zero-order chi connectivity index (χ0) is 10.1. The molecule has 0 aliphatic rings.